The van der Waals surface area contributed by atoms with Crippen molar-refractivity contribution >= 4 is 29.5 Å². The van der Waals surface area contributed by atoms with Crippen LogP contribution in [-0.4, -0.2) is 56.1 Å². The number of anilines is 1. The van der Waals surface area contributed by atoms with Gasteiger partial charge in [-0.05, 0) is 145 Å². The fourth-order valence-electron chi connectivity index (χ4n) is 10.4. The molecular formula is C52H57N3O6. The SMILES string of the molecule is O=C1CCc2cc(c(O)c(OC3CCCC3)c2)Cc2ccc(CCCO)c(c2)Cc2cc[nH]c2NCC2=Cc3[nH]ccc3C(CC3C=Cc4c(O)cccc4CC3)C2C(=O)C1. The van der Waals surface area contributed by atoms with E-state index < -0.39 is 5.92 Å². The Labute approximate surface area is 358 Å². The van der Waals surface area contributed by atoms with Crippen LogP contribution in [0.5, 0.6) is 17.2 Å². The van der Waals surface area contributed by atoms with Gasteiger partial charge in [0.25, 0.3) is 0 Å². The molecule has 9 nitrogen and oxygen atoms in total. The van der Waals surface area contributed by atoms with Crippen LogP contribution in [0.4, 0.5) is 5.82 Å². The second-order valence-corrected chi connectivity index (χ2v) is 17.7. The molecule has 3 unspecified atom stereocenters. The van der Waals surface area contributed by atoms with E-state index in [0.717, 1.165) is 113 Å². The van der Waals surface area contributed by atoms with E-state index in [-0.39, 0.29) is 60.5 Å². The highest BCUT2D eigenvalue weighted by molar-refractivity contribution is 6.02. The third-order valence-electron chi connectivity index (χ3n) is 13.6. The molecule has 1 aliphatic heterocycles. The van der Waals surface area contributed by atoms with E-state index in [4.69, 9.17) is 4.74 Å². The fraction of sp³-hybridized carbons (Fsp3) is 0.385. The largest absolute Gasteiger partial charge is 0.507 e. The summed E-state index contributed by atoms with van der Waals surface area (Å²) in [5, 5.41) is 35.8. The van der Waals surface area contributed by atoms with Crippen molar-refractivity contribution in [3.05, 3.63) is 140 Å². The molecule has 0 saturated heterocycles. The van der Waals surface area contributed by atoms with Crippen molar-refractivity contribution in [2.75, 3.05) is 18.5 Å². The van der Waals surface area contributed by atoms with Crippen LogP contribution < -0.4 is 10.1 Å². The Morgan fingerprint density at radius 1 is 0.787 bits per heavy atom. The number of nitrogens with one attached hydrogen (secondary N) is 3. The number of aromatic hydroxyl groups is 2. The van der Waals surface area contributed by atoms with Crippen LogP contribution in [0, 0.1) is 11.8 Å². The molecule has 3 atom stereocenters. The maximum absolute atomic E-state index is 14.8. The summed E-state index contributed by atoms with van der Waals surface area (Å²) in [4.78, 5) is 35.7. The van der Waals surface area contributed by atoms with Gasteiger partial charge in [0.2, 0.25) is 0 Å². The Kier molecular flexibility index (Phi) is 12.0. The Balaban J connectivity index is 1.08. The predicted octanol–water partition coefficient (Wildman–Crippen LogP) is 9.53. The lowest BCUT2D eigenvalue weighted by atomic mass is 9.69. The molecule has 9 heteroatoms. The van der Waals surface area contributed by atoms with Gasteiger partial charge in [-0.2, -0.15) is 0 Å². The Morgan fingerprint density at radius 3 is 2.51 bits per heavy atom. The predicted molar refractivity (Wildman–Crippen MR) is 239 cm³/mol. The number of aliphatic hydroxyl groups is 1. The summed E-state index contributed by atoms with van der Waals surface area (Å²) in [5.41, 5.74) is 11.1. The number of phenolic OH excluding ortho intramolecular Hbond substituents is 2. The number of aromatic amines is 2. The van der Waals surface area contributed by atoms with Crippen LogP contribution in [0.1, 0.15) is 119 Å². The van der Waals surface area contributed by atoms with Crippen LogP contribution in [0.25, 0.3) is 12.2 Å². The zero-order valence-corrected chi connectivity index (χ0v) is 34.8. The number of ketones is 2. The first-order valence-corrected chi connectivity index (χ1v) is 22.3. The number of rotatable bonds is 7. The zero-order chi connectivity index (χ0) is 41.9. The lowest BCUT2D eigenvalue weighted by Gasteiger charge is -2.34. The average Bonchev–Trinajstić information content (AvgIpc) is 4.02. The van der Waals surface area contributed by atoms with Crippen molar-refractivity contribution < 1.29 is 29.6 Å². The smallest absolute Gasteiger partial charge is 0.161 e. The number of allylic oxidation sites excluding steroid dienone is 1. The highest BCUT2D eigenvalue weighted by Crippen LogP contribution is 2.45. The number of hydrogen-bond acceptors (Lipinski definition) is 7. The van der Waals surface area contributed by atoms with E-state index in [1.54, 1.807) is 6.07 Å². The molecular weight excluding hydrogens is 763 g/mol. The zero-order valence-electron chi connectivity index (χ0n) is 34.8. The molecule has 0 spiro atoms. The molecule has 4 aliphatic rings. The maximum atomic E-state index is 14.8. The van der Waals surface area contributed by atoms with Gasteiger partial charge in [-0.1, -0.05) is 48.6 Å². The van der Waals surface area contributed by atoms with Gasteiger partial charge >= 0.3 is 0 Å². The number of aryl methyl sites for hydroxylation is 3. The maximum Gasteiger partial charge on any atom is 0.161 e. The van der Waals surface area contributed by atoms with E-state index in [1.807, 2.05) is 36.7 Å². The number of hydrogen-bond donors (Lipinski definition) is 6. The van der Waals surface area contributed by atoms with E-state index >= 15 is 0 Å². The van der Waals surface area contributed by atoms with Gasteiger partial charge in [-0.25, -0.2) is 0 Å². The summed E-state index contributed by atoms with van der Waals surface area (Å²) >= 11 is 0. The molecule has 9 rings (SSSR count). The standard InChI is InChI=1S/C52H57N3O6/c56-22-4-6-35-14-11-33-23-38(35)28-37-18-20-54-52(37)55-31-40-29-46-44(19-21-53-46)45(26-32-10-15-36-5-3-9-47(58)43(36)17-13-32)50(40)48(59)30-41(57)16-12-34-25-39(24-33)51(60)49(27-34)61-42-7-1-2-8-42/h3,5,9,11,13-14,17-21,23,25,27,29,32,42,45,50,53-56,58,60H,1-2,4,6-8,10,12,15-16,22,24,26,28,30-31H2. The number of phenols is 2. The van der Waals surface area contributed by atoms with E-state index in [9.17, 15) is 24.9 Å². The van der Waals surface area contributed by atoms with E-state index in [1.165, 1.54) is 5.56 Å². The number of benzene rings is 3. The van der Waals surface area contributed by atoms with E-state index in [0.29, 0.717) is 38.0 Å². The summed E-state index contributed by atoms with van der Waals surface area (Å²) in [6.07, 6.45) is 19.8. The molecule has 4 bridgehead atoms. The summed E-state index contributed by atoms with van der Waals surface area (Å²) in [5.74, 6) is 1.07. The molecule has 0 radical (unpaired) electrons. The monoisotopic (exact) mass is 819 g/mol. The summed E-state index contributed by atoms with van der Waals surface area (Å²) < 4.78 is 6.44. The number of carbonyl (C=O) groups is 2. The first kappa shape index (κ1) is 40.6. The van der Waals surface area contributed by atoms with Crippen LogP contribution >= 0.6 is 0 Å². The first-order chi connectivity index (χ1) is 29.8. The molecule has 5 aromatic rings. The number of ether oxygens (including phenoxy) is 1. The number of aromatic nitrogens is 2. The normalized spacial score (nSPS) is 20.8. The van der Waals surface area contributed by atoms with Gasteiger partial charge in [-0.3, -0.25) is 9.59 Å². The van der Waals surface area contributed by atoms with Crippen molar-refractivity contribution in [2.24, 2.45) is 11.8 Å². The summed E-state index contributed by atoms with van der Waals surface area (Å²) in [7, 11) is 0. The number of fused-ring (bicyclic) bond motifs is 8. The number of carbonyl (C=O) groups excluding carboxylic acids is 2. The minimum absolute atomic E-state index is 0.0477. The molecule has 316 valence electrons. The molecule has 61 heavy (non-hydrogen) atoms. The topological polar surface area (TPSA) is 148 Å². The molecule has 0 amide bonds. The highest BCUT2D eigenvalue weighted by atomic mass is 16.5. The van der Waals surface area contributed by atoms with Crippen molar-refractivity contribution in [3.63, 3.8) is 0 Å². The van der Waals surface area contributed by atoms with Crippen molar-refractivity contribution in [1.29, 1.82) is 0 Å². The van der Waals surface area contributed by atoms with Crippen molar-refractivity contribution in [2.45, 2.75) is 102 Å². The second kappa shape index (κ2) is 18.0. The minimum Gasteiger partial charge on any atom is -0.507 e. The molecule has 6 N–H and O–H groups in total. The van der Waals surface area contributed by atoms with Gasteiger partial charge in [0.1, 0.15) is 23.1 Å². The van der Waals surface area contributed by atoms with Gasteiger partial charge in [0.15, 0.2) is 11.5 Å². The second-order valence-electron chi connectivity index (χ2n) is 17.7. The minimum atomic E-state index is -0.513. The Bertz CT molecular complexity index is 2470. The lowest BCUT2D eigenvalue weighted by molar-refractivity contribution is -0.129. The van der Waals surface area contributed by atoms with E-state index in [2.05, 4.69) is 63.8 Å². The Morgan fingerprint density at radius 2 is 1.64 bits per heavy atom. The molecule has 3 aromatic carbocycles. The third-order valence-corrected chi connectivity index (χ3v) is 13.6. The molecule has 3 heterocycles. The average molecular weight is 820 g/mol. The third kappa shape index (κ3) is 8.99. The van der Waals surface area contributed by atoms with Crippen LogP contribution in [0.3, 0.4) is 0 Å². The Hall–Kier alpha value is -5.80. The number of H-pyrrole nitrogens is 2. The molecule has 1 fully saturated rings. The van der Waals surface area contributed by atoms with Crippen molar-refractivity contribution in [3.8, 4) is 17.2 Å². The summed E-state index contributed by atoms with van der Waals surface area (Å²) in [6, 6.07) is 20.3. The van der Waals surface area contributed by atoms with Gasteiger partial charge in [0.05, 0.1) is 12.5 Å². The van der Waals surface area contributed by atoms with Gasteiger partial charge < -0.3 is 35.3 Å². The first-order valence-electron chi connectivity index (χ1n) is 22.3. The molecule has 3 aliphatic carbocycles. The van der Waals surface area contributed by atoms with Gasteiger partial charge in [-0.15, -0.1) is 0 Å². The molecule has 2 aromatic heterocycles. The van der Waals surface area contributed by atoms with Crippen LogP contribution in [0.15, 0.2) is 84.7 Å². The highest BCUT2D eigenvalue weighted by Gasteiger charge is 2.39. The fourth-order valence-corrected chi connectivity index (χ4v) is 10.4. The molecule has 1 saturated carbocycles. The number of Topliss-reactive ketones (excluding diaryl/α,β-unsaturated/α-hetero) is 2. The van der Waals surface area contributed by atoms with Crippen LogP contribution in [-0.2, 0) is 41.7 Å². The number of aliphatic hydroxyl groups excluding tert-OH is 1. The van der Waals surface area contributed by atoms with Gasteiger partial charge in [0, 0.05) is 73.5 Å². The summed E-state index contributed by atoms with van der Waals surface area (Å²) in [6.45, 7) is 0.525. The van der Waals surface area contributed by atoms with Crippen molar-refractivity contribution in [1.82, 2.24) is 9.97 Å². The van der Waals surface area contributed by atoms with Crippen LogP contribution in [0.2, 0.25) is 0 Å². The quantitative estimate of drug-likeness (QED) is 0.0897. The lowest BCUT2D eigenvalue weighted by Crippen LogP contribution is -2.32.